The SMILES string of the molecule is Cc1cc(CC(C)(C)O)cs1. The molecule has 1 nitrogen and oxygen atoms in total. The molecule has 0 amide bonds. The summed E-state index contributed by atoms with van der Waals surface area (Å²) in [7, 11) is 0. The number of hydrogen-bond donors (Lipinski definition) is 1. The summed E-state index contributed by atoms with van der Waals surface area (Å²) in [6, 6.07) is 2.13. The van der Waals surface area contributed by atoms with Gasteiger partial charge in [0.1, 0.15) is 0 Å². The van der Waals surface area contributed by atoms with Gasteiger partial charge in [0, 0.05) is 11.3 Å². The van der Waals surface area contributed by atoms with Crippen LogP contribution in [0.15, 0.2) is 11.4 Å². The predicted octanol–water partition coefficient (Wildman–Crippen LogP) is 2.37. The highest BCUT2D eigenvalue weighted by Crippen LogP contribution is 2.18. The monoisotopic (exact) mass is 170 g/mol. The molecule has 11 heavy (non-hydrogen) atoms. The van der Waals surface area contributed by atoms with Crippen molar-refractivity contribution in [2.45, 2.75) is 32.8 Å². The molecule has 1 N–H and O–H groups in total. The molecule has 0 bridgehead atoms. The van der Waals surface area contributed by atoms with E-state index < -0.39 is 5.60 Å². The highest BCUT2D eigenvalue weighted by molar-refractivity contribution is 7.10. The van der Waals surface area contributed by atoms with E-state index in [4.69, 9.17) is 0 Å². The molecule has 0 aliphatic rings. The van der Waals surface area contributed by atoms with Gasteiger partial charge in [-0.15, -0.1) is 11.3 Å². The lowest BCUT2D eigenvalue weighted by Gasteiger charge is -2.15. The van der Waals surface area contributed by atoms with Gasteiger partial charge in [-0.05, 0) is 37.8 Å². The summed E-state index contributed by atoms with van der Waals surface area (Å²) in [5.74, 6) is 0. The minimum Gasteiger partial charge on any atom is -0.390 e. The number of aliphatic hydroxyl groups is 1. The quantitative estimate of drug-likeness (QED) is 0.722. The Morgan fingerprint density at radius 3 is 2.55 bits per heavy atom. The minimum atomic E-state index is -0.576. The zero-order valence-electron chi connectivity index (χ0n) is 7.22. The molecule has 0 fully saturated rings. The second-order valence-electron chi connectivity index (χ2n) is 3.55. The molecule has 1 aromatic heterocycles. The van der Waals surface area contributed by atoms with Crippen LogP contribution in [0.1, 0.15) is 24.3 Å². The third kappa shape index (κ3) is 3.04. The van der Waals surface area contributed by atoms with Crippen molar-refractivity contribution in [1.82, 2.24) is 0 Å². The van der Waals surface area contributed by atoms with E-state index in [1.165, 1.54) is 10.4 Å². The van der Waals surface area contributed by atoms with E-state index in [0.29, 0.717) is 0 Å². The van der Waals surface area contributed by atoms with Crippen LogP contribution in [0.5, 0.6) is 0 Å². The van der Waals surface area contributed by atoms with Crippen LogP contribution in [0.2, 0.25) is 0 Å². The lowest BCUT2D eigenvalue weighted by Crippen LogP contribution is -2.21. The number of hydrogen-bond acceptors (Lipinski definition) is 2. The Labute approximate surface area is 71.7 Å². The van der Waals surface area contributed by atoms with Gasteiger partial charge in [0.05, 0.1) is 5.60 Å². The Hall–Kier alpha value is -0.340. The molecule has 0 aliphatic carbocycles. The standard InChI is InChI=1S/C9H14OS/c1-7-4-8(6-11-7)5-9(2,3)10/h4,6,10H,5H2,1-3H3. The molecule has 0 saturated carbocycles. The van der Waals surface area contributed by atoms with Crippen LogP contribution in [0.3, 0.4) is 0 Å². The Kier molecular flexibility index (Phi) is 2.35. The zero-order chi connectivity index (χ0) is 8.48. The van der Waals surface area contributed by atoms with Gasteiger partial charge in [-0.2, -0.15) is 0 Å². The van der Waals surface area contributed by atoms with Gasteiger partial charge < -0.3 is 5.11 Å². The highest BCUT2D eigenvalue weighted by atomic mass is 32.1. The predicted molar refractivity (Wildman–Crippen MR) is 49.1 cm³/mol. The van der Waals surface area contributed by atoms with Gasteiger partial charge >= 0.3 is 0 Å². The average molecular weight is 170 g/mol. The number of rotatable bonds is 2. The lowest BCUT2D eigenvalue weighted by atomic mass is 10.0. The van der Waals surface area contributed by atoms with Gasteiger partial charge in [0.2, 0.25) is 0 Å². The van der Waals surface area contributed by atoms with Gasteiger partial charge in [-0.3, -0.25) is 0 Å². The Morgan fingerprint density at radius 2 is 2.18 bits per heavy atom. The largest absolute Gasteiger partial charge is 0.390 e. The van der Waals surface area contributed by atoms with E-state index in [1.54, 1.807) is 11.3 Å². The van der Waals surface area contributed by atoms with Crippen LogP contribution in [-0.4, -0.2) is 10.7 Å². The summed E-state index contributed by atoms with van der Waals surface area (Å²) in [5, 5.41) is 11.6. The smallest absolute Gasteiger partial charge is 0.0632 e. The van der Waals surface area contributed by atoms with Crippen LogP contribution >= 0.6 is 11.3 Å². The van der Waals surface area contributed by atoms with E-state index in [-0.39, 0.29) is 0 Å². The van der Waals surface area contributed by atoms with E-state index in [9.17, 15) is 5.11 Å². The molecule has 0 radical (unpaired) electrons. The molecule has 0 saturated heterocycles. The Bertz CT molecular complexity index is 232. The van der Waals surface area contributed by atoms with E-state index in [0.717, 1.165) is 6.42 Å². The van der Waals surface area contributed by atoms with E-state index in [1.807, 2.05) is 13.8 Å². The van der Waals surface area contributed by atoms with Crippen molar-refractivity contribution in [3.8, 4) is 0 Å². The van der Waals surface area contributed by atoms with Crippen molar-refractivity contribution >= 4 is 11.3 Å². The van der Waals surface area contributed by atoms with Gasteiger partial charge in [-0.25, -0.2) is 0 Å². The third-order valence-corrected chi connectivity index (χ3v) is 2.33. The number of thiophene rings is 1. The Balaban J connectivity index is 2.65. The third-order valence-electron chi connectivity index (χ3n) is 1.42. The van der Waals surface area contributed by atoms with Crippen molar-refractivity contribution in [2.75, 3.05) is 0 Å². The molecule has 0 aliphatic heterocycles. The molecule has 1 aromatic rings. The summed E-state index contributed by atoms with van der Waals surface area (Å²) in [6.45, 7) is 5.75. The summed E-state index contributed by atoms with van der Waals surface area (Å²) in [5.41, 5.74) is 0.660. The summed E-state index contributed by atoms with van der Waals surface area (Å²) in [6.07, 6.45) is 0.747. The molecule has 0 unspecified atom stereocenters. The average Bonchev–Trinajstić information content (AvgIpc) is 2.10. The Morgan fingerprint density at radius 1 is 1.55 bits per heavy atom. The first-order chi connectivity index (χ1) is 4.97. The van der Waals surface area contributed by atoms with Crippen molar-refractivity contribution in [2.24, 2.45) is 0 Å². The van der Waals surface area contributed by atoms with Gasteiger partial charge in [0.25, 0.3) is 0 Å². The fourth-order valence-electron chi connectivity index (χ4n) is 1.09. The fraction of sp³-hybridized carbons (Fsp3) is 0.556. The van der Waals surface area contributed by atoms with Crippen LogP contribution in [-0.2, 0) is 6.42 Å². The zero-order valence-corrected chi connectivity index (χ0v) is 8.03. The van der Waals surface area contributed by atoms with Crippen molar-refractivity contribution in [3.63, 3.8) is 0 Å². The summed E-state index contributed by atoms with van der Waals surface area (Å²) >= 11 is 1.73. The second kappa shape index (κ2) is 2.95. The molecule has 0 spiro atoms. The topological polar surface area (TPSA) is 20.2 Å². The molecule has 1 heterocycles. The minimum absolute atomic E-state index is 0.576. The fourth-order valence-corrected chi connectivity index (χ4v) is 1.80. The normalized spacial score (nSPS) is 12.0. The summed E-state index contributed by atoms with van der Waals surface area (Å²) < 4.78 is 0. The van der Waals surface area contributed by atoms with E-state index in [2.05, 4.69) is 18.4 Å². The van der Waals surface area contributed by atoms with Crippen LogP contribution in [0.4, 0.5) is 0 Å². The molecule has 0 aromatic carbocycles. The molecular weight excluding hydrogens is 156 g/mol. The van der Waals surface area contributed by atoms with Crippen LogP contribution < -0.4 is 0 Å². The maximum absolute atomic E-state index is 9.48. The van der Waals surface area contributed by atoms with Crippen molar-refractivity contribution < 1.29 is 5.11 Å². The molecule has 62 valence electrons. The number of aryl methyl sites for hydroxylation is 1. The first-order valence-corrected chi connectivity index (χ1v) is 4.62. The maximum atomic E-state index is 9.48. The molecule has 1 rings (SSSR count). The van der Waals surface area contributed by atoms with Crippen LogP contribution in [0.25, 0.3) is 0 Å². The second-order valence-corrected chi connectivity index (χ2v) is 4.67. The van der Waals surface area contributed by atoms with E-state index >= 15 is 0 Å². The maximum Gasteiger partial charge on any atom is 0.0632 e. The molecule has 2 heteroatoms. The van der Waals surface area contributed by atoms with Crippen molar-refractivity contribution in [3.05, 3.63) is 21.9 Å². The lowest BCUT2D eigenvalue weighted by molar-refractivity contribution is 0.0811. The summed E-state index contributed by atoms with van der Waals surface area (Å²) in [4.78, 5) is 1.31. The van der Waals surface area contributed by atoms with Gasteiger partial charge in [-0.1, -0.05) is 0 Å². The first-order valence-electron chi connectivity index (χ1n) is 3.74. The molecule has 0 atom stereocenters. The first kappa shape index (κ1) is 8.75. The van der Waals surface area contributed by atoms with Crippen molar-refractivity contribution in [1.29, 1.82) is 0 Å². The highest BCUT2D eigenvalue weighted by Gasteiger charge is 2.13. The van der Waals surface area contributed by atoms with Crippen LogP contribution in [0, 0.1) is 6.92 Å². The molecular formula is C9H14OS. The van der Waals surface area contributed by atoms with Gasteiger partial charge in [0.15, 0.2) is 0 Å².